The van der Waals surface area contributed by atoms with Gasteiger partial charge in [-0.05, 0) is 81.8 Å². The minimum Gasteiger partial charge on any atom is -0.494 e. The Kier molecular flexibility index (Phi) is 6.63. The van der Waals surface area contributed by atoms with Crippen LogP contribution >= 0.6 is 0 Å². The lowest BCUT2D eigenvalue weighted by Crippen LogP contribution is -2.40. The highest BCUT2D eigenvalue weighted by Gasteiger charge is 2.26. The fourth-order valence-corrected chi connectivity index (χ4v) is 4.02. The van der Waals surface area contributed by atoms with Crippen LogP contribution in [0, 0.1) is 5.92 Å². The van der Waals surface area contributed by atoms with Crippen LogP contribution in [0.1, 0.15) is 70.3 Å². The summed E-state index contributed by atoms with van der Waals surface area (Å²) in [4.78, 5) is 17.1. The van der Waals surface area contributed by atoms with E-state index in [0.29, 0.717) is 6.61 Å². The van der Waals surface area contributed by atoms with E-state index in [9.17, 15) is 4.79 Å². The highest BCUT2D eigenvalue weighted by atomic mass is 16.5. The molecule has 0 spiro atoms. The van der Waals surface area contributed by atoms with Gasteiger partial charge in [0.2, 0.25) is 0 Å². The van der Waals surface area contributed by atoms with Crippen molar-refractivity contribution in [1.29, 1.82) is 0 Å². The highest BCUT2D eigenvalue weighted by Crippen LogP contribution is 2.35. The molecule has 0 saturated heterocycles. The Bertz CT molecular complexity index is 1110. The van der Waals surface area contributed by atoms with Crippen LogP contribution in [0.5, 0.6) is 5.75 Å². The maximum atomic E-state index is 12.0. The third-order valence-electron chi connectivity index (χ3n) is 5.91. The molecule has 33 heavy (non-hydrogen) atoms. The van der Waals surface area contributed by atoms with Gasteiger partial charge in [-0.15, -0.1) is 0 Å². The zero-order chi connectivity index (χ0) is 23.6. The van der Waals surface area contributed by atoms with Gasteiger partial charge in [-0.3, -0.25) is 0 Å². The number of benzene rings is 2. The molecule has 0 aliphatic heterocycles. The van der Waals surface area contributed by atoms with Gasteiger partial charge in [0.05, 0.1) is 17.6 Å². The second kappa shape index (κ2) is 9.46. The second-order valence-corrected chi connectivity index (χ2v) is 10.0. The SMILES string of the molecule is CCOc1ccc(C(C)c2nc3cc(COC(=O)NC(C)(C)C)ccc3n2CC2CC2)cc1. The highest BCUT2D eigenvalue weighted by molar-refractivity contribution is 5.77. The Morgan fingerprint density at radius 3 is 2.55 bits per heavy atom. The van der Waals surface area contributed by atoms with E-state index in [1.54, 1.807) is 0 Å². The summed E-state index contributed by atoms with van der Waals surface area (Å²) < 4.78 is 13.4. The molecule has 1 aromatic heterocycles. The minimum absolute atomic E-state index is 0.157. The van der Waals surface area contributed by atoms with Gasteiger partial charge in [0.1, 0.15) is 18.2 Å². The van der Waals surface area contributed by atoms with Gasteiger partial charge in [0, 0.05) is 18.0 Å². The number of aromatic nitrogens is 2. The smallest absolute Gasteiger partial charge is 0.407 e. The van der Waals surface area contributed by atoms with Gasteiger partial charge in [0.15, 0.2) is 0 Å². The van der Waals surface area contributed by atoms with Crippen molar-refractivity contribution < 1.29 is 14.3 Å². The minimum atomic E-state index is -0.410. The molecule has 1 amide bonds. The number of nitrogens with one attached hydrogen (secondary N) is 1. The molecule has 3 aromatic rings. The standard InChI is InChI=1S/C27H35N3O3/c1-6-32-22-12-10-21(11-13-22)18(2)25-28-23-15-20(17-33-26(31)29-27(3,4)5)9-14-24(23)30(25)16-19-7-8-19/h9-15,18-19H,6-8,16-17H2,1-5H3,(H,29,31). The molecule has 0 bridgehead atoms. The summed E-state index contributed by atoms with van der Waals surface area (Å²) in [6.07, 6.45) is 2.16. The van der Waals surface area contributed by atoms with Gasteiger partial charge in [0.25, 0.3) is 0 Å². The van der Waals surface area contributed by atoms with Gasteiger partial charge < -0.3 is 19.4 Å². The van der Waals surface area contributed by atoms with Crippen molar-refractivity contribution in [2.75, 3.05) is 6.61 Å². The van der Waals surface area contributed by atoms with E-state index < -0.39 is 6.09 Å². The fourth-order valence-electron chi connectivity index (χ4n) is 4.02. The normalized spacial score (nSPS) is 14.8. The zero-order valence-corrected chi connectivity index (χ0v) is 20.4. The number of carbonyl (C=O) groups is 1. The third kappa shape index (κ3) is 5.86. The Hall–Kier alpha value is -3.02. The van der Waals surface area contributed by atoms with Gasteiger partial charge in [-0.2, -0.15) is 0 Å². The van der Waals surface area contributed by atoms with Gasteiger partial charge >= 0.3 is 6.09 Å². The van der Waals surface area contributed by atoms with Crippen LogP contribution < -0.4 is 10.1 Å². The van der Waals surface area contributed by atoms with Crippen molar-refractivity contribution in [3.8, 4) is 5.75 Å². The molecule has 1 aliphatic rings. The van der Waals surface area contributed by atoms with E-state index in [2.05, 4.69) is 35.0 Å². The molecule has 1 N–H and O–H groups in total. The summed E-state index contributed by atoms with van der Waals surface area (Å²) in [5.41, 5.74) is 3.91. The molecular formula is C27H35N3O3. The van der Waals surface area contributed by atoms with Crippen LogP contribution in [0.3, 0.4) is 0 Å². The molecule has 1 saturated carbocycles. The van der Waals surface area contributed by atoms with Crippen molar-refractivity contribution in [3.63, 3.8) is 0 Å². The predicted octanol–water partition coefficient (Wildman–Crippen LogP) is 6.02. The molecule has 1 unspecified atom stereocenters. The van der Waals surface area contributed by atoms with E-state index in [0.717, 1.165) is 40.6 Å². The average molecular weight is 450 g/mol. The molecule has 1 aliphatic carbocycles. The summed E-state index contributed by atoms with van der Waals surface area (Å²) >= 11 is 0. The maximum Gasteiger partial charge on any atom is 0.407 e. The molecule has 6 heteroatoms. The molecule has 1 atom stereocenters. The number of ether oxygens (including phenoxy) is 2. The fraction of sp³-hybridized carbons (Fsp3) is 0.481. The van der Waals surface area contributed by atoms with Crippen molar-refractivity contribution in [1.82, 2.24) is 14.9 Å². The Morgan fingerprint density at radius 2 is 1.91 bits per heavy atom. The largest absolute Gasteiger partial charge is 0.494 e. The van der Waals surface area contributed by atoms with Gasteiger partial charge in [-0.1, -0.05) is 25.1 Å². The first-order chi connectivity index (χ1) is 15.7. The lowest BCUT2D eigenvalue weighted by molar-refractivity contribution is 0.131. The van der Waals surface area contributed by atoms with Crippen LogP contribution in [0.15, 0.2) is 42.5 Å². The first-order valence-corrected chi connectivity index (χ1v) is 11.9. The van der Waals surface area contributed by atoms with E-state index in [1.807, 2.05) is 52.0 Å². The summed E-state index contributed by atoms with van der Waals surface area (Å²) in [6, 6.07) is 14.5. The van der Waals surface area contributed by atoms with Crippen molar-refractivity contribution in [3.05, 3.63) is 59.4 Å². The summed E-state index contributed by atoms with van der Waals surface area (Å²) in [7, 11) is 0. The molecule has 0 radical (unpaired) electrons. The molecule has 176 valence electrons. The molecular weight excluding hydrogens is 414 g/mol. The topological polar surface area (TPSA) is 65.4 Å². The van der Waals surface area contributed by atoms with E-state index in [1.165, 1.54) is 18.4 Å². The zero-order valence-electron chi connectivity index (χ0n) is 20.4. The van der Waals surface area contributed by atoms with Crippen LogP contribution in [0.25, 0.3) is 11.0 Å². The first kappa shape index (κ1) is 23.1. The van der Waals surface area contributed by atoms with Crippen LogP contribution in [0.4, 0.5) is 4.79 Å². The third-order valence-corrected chi connectivity index (χ3v) is 5.91. The predicted molar refractivity (Wildman–Crippen MR) is 131 cm³/mol. The van der Waals surface area contributed by atoms with Crippen molar-refractivity contribution >= 4 is 17.1 Å². The molecule has 1 fully saturated rings. The Morgan fingerprint density at radius 1 is 1.18 bits per heavy atom. The van der Waals surface area contributed by atoms with Gasteiger partial charge in [-0.25, -0.2) is 9.78 Å². The number of alkyl carbamates (subject to hydrolysis) is 1. The van der Waals surface area contributed by atoms with Crippen LogP contribution in [0.2, 0.25) is 0 Å². The number of carbonyl (C=O) groups excluding carboxylic acids is 1. The number of imidazole rings is 1. The molecule has 4 rings (SSSR count). The lowest BCUT2D eigenvalue weighted by Gasteiger charge is -2.19. The first-order valence-electron chi connectivity index (χ1n) is 11.9. The van der Waals surface area contributed by atoms with Crippen molar-refractivity contribution in [2.24, 2.45) is 5.92 Å². The van der Waals surface area contributed by atoms with Crippen molar-refractivity contribution in [2.45, 2.75) is 72.1 Å². The quantitative estimate of drug-likeness (QED) is 0.457. The Labute approximate surface area is 196 Å². The molecule has 1 heterocycles. The summed E-state index contributed by atoms with van der Waals surface area (Å²) in [5.74, 6) is 2.85. The number of hydrogen-bond acceptors (Lipinski definition) is 4. The molecule has 2 aromatic carbocycles. The van der Waals surface area contributed by atoms with Crippen LogP contribution in [-0.4, -0.2) is 27.8 Å². The van der Waals surface area contributed by atoms with E-state index in [4.69, 9.17) is 14.5 Å². The number of nitrogens with zero attached hydrogens (tertiary/aromatic N) is 2. The summed E-state index contributed by atoms with van der Waals surface area (Å²) in [6.45, 7) is 11.9. The summed E-state index contributed by atoms with van der Waals surface area (Å²) in [5, 5.41) is 2.82. The monoisotopic (exact) mass is 449 g/mol. The van der Waals surface area contributed by atoms with E-state index >= 15 is 0 Å². The number of hydrogen-bond donors (Lipinski definition) is 1. The van der Waals surface area contributed by atoms with E-state index in [-0.39, 0.29) is 18.1 Å². The lowest BCUT2D eigenvalue weighted by atomic mass is 10.00. The average Bonchev–Trinajstić information content (AvgIpc) is 3.51. The molecule has 6 nitrogen and oxygen atoms in total. The number of rotatable bonds is 8. The number of amides is 1. The maximum absolute atomic E-state index is 12.0. The Balaban J connectivity index is 1.58. The number of fused-ring (bicyclic) bond motifs is 1. The van der Waals surface area contributed by atoms with Crippen LogP contribution in [-0.2, 0) is 17.9 Å². The second-order valence-electron chi connectivity index (χ2n) is 10.0.